The maximum Gasteiger partial charge on any atom is 0.251 e. The summed E-state index contributed by atoms with van der Waals surface area (Å²) in [6.07, 6.45) is 0.290. The van der Waals surface area contributed by atoms with Gasteiger partial charge < -0.3 is 16.0 Å². The summed E-state index contributed by atoms with van der Waals surface area (Å²) < 4.78 is 0. The third-order valence-corrected chi connectivity index (χ3v) is 3.33. The van der Waals surface area contributed by atoms with Crippen LogP contribution in [-0.4, -0.2) is 31.3 Å². The van der Waals surface area contributed by atoms with E-state index < -0.39 is 0 Å². The van der Waals surface area contributed by atoms with Gasteiger partial charge in [0.05, 0.1) is 13.0 Å². The van der Waals surface area contributed by atoms with Crippen LogP contribution in [0.2, 0.25) is 0 Å². The van der Waals surface area contributed by atoms with Crippen LogP contribution >= 0.6 is 0 Å². The van der Waals surface area contributed by atoms with Gasteiger partial charge in [0.25, 0.3) is 5.91 Å². The Bertz CT molecular complexity index is 712. The van der Waals surface area contributed by atoms with Crippen LogP contribution in [0.1, 0.15) is 15.9 Å². The second-order valence-corrected chi connectivity index (χ2v) is 5.14. The number of rotatable bonds is 6. The molecule has 0 aromatic heterocycles. The van der Waals surface area contributed by atoms with E-state index in [0.717, 1.165) is 5.56 Å². The second kappa shape index (κ2) is 8.47. The van der Waals surface area contributed by atoms with Gasteiger partial charge in [0.1, 0.15) is 0 Å². The molecule has 0 fully saturated rings. The molecule has 0 saturated carbocycles. The number of carbonyl (C=O) groups excluding carboxylic acids is 3. The third-order valence-electron chi connectivity index (χ3n) is 3.33. The molecular weight excluding hydrogens is 306 g/mol. The fraction of sp³-hybridized carbons (Fsp3) is 0.167. The van der Waals surface area contributed by atoms with Gasteiger partial charge in [0.15, 0.2) is 0 Å². The number of hydrogen-bond acceptors (Lipinski definition) is 3. The largest absolute Gasteiger partial charge is 0.359 e. The monoisotopic (exact) mass is 325 g/mol. The van der Waals surface area contributed by atoms with Crippen molar-refractivity contribution in [3.63, 3.8) is 0 Å². The van der Waals surface area contributed by atoms with Crippen LogP contribution in [0.5, 0.6) is 0 Å². The number of hydrogen-bond donors (Lipinski definition) is 3. The Morgan fingerprint density at radius 3 is 2.17 bits per heavy atom. The summed E-state index contributed by atoms with van der Waals surface area (Å²) in [5.41, 5.74) is 1.96. The molecule has 0 aliphatic carbocycles. The van der Waals surface area contributed by atoms with Crippen molar-refractivity contribution < 1.29 is 14.4 Å². The quantitative estimate of drug-likeness (QED) is 0.749. The second-order valence-electron chi connectivity index (χ2n) is 5.14. The summed E-state index contributed by atoms with van der Waals surface area (Å²) in [6.45, 7) is -0.117. The predicted octanol–water partition coefficient (Wildman–Crippen LogP) is 1.34. The molecule has 3 amide bonds. The first-order chi connectivity index (χ1) is 11.6. The molecule has 6 nitrogen and oxygen atoms in total. The van der Waals surface area contributed by atoms with E-state index in [4.69, 9.17) is 0 Å². The third kappa shape index (κ3) is 5.24. The van der Waals surface area contributed by atoms with Crippen LogP contribution in [0, 0.1) is 0 Å². The highest BCUT2D eigenvalue weighted by Crippen LogP contribution is 2.10. The molecule has 124 valence electrons. The number of likely N-dealkylation sites (N-methyl/N-ethyl adjacent to an activating group) is 1. The van der Waals surface area contributed by atoms with E-state index in [1.54, 1.807) is 55.6 Å². The van der Waals surface area contributed by atoms with E-state index >= 15 is 0 Å². The molecule has 0 heterocycles. The lowest BCUT2D eigenvalue weighted by Crippen LogP contribution is -2.32. The fourth-order valence-electron chi connectivity index (χ4n) is 2.04. The topological polar surface area (TPSA) is 87.3 Å². The molecule has 2 rings (SSSR count). The van der Waals surface area contributed by atoms with Gasteiger partial charge in [-0.1, -0.05) is 30.3 Å². The molecule has 2 aromatic carbocycles. The number of nitrogens with one attached hydrogen (secondary N) is 3. The minimum absolute atomic E-state index is 0.0737. The minimum atomic E-state index is -0.321. The smallest absolute Gasteiger partial charge is 0.251 e. The molecule has 0 aliphatic rings. The highest BCUT2D eigenvalue weighted by Gasteiger charge is 2.08. The Kier molecular flexibility index (Phi) is 6.08. The lowest BCUT2D eigenvalue weighted by Gasteiger charge is -2.08. The van der Waals surface area contributed by atoms with Gasteiger partial charge in [0.2, 0.25) is 11.8 Å². The van der Waals surface area contributed by atoms with Crippen LogP contribution in [0.15, 0.2) is 54.6 Å². The predicted molar refractivity (Wildman–Crippen MR) is 91.6 cm³/mol. The van der Waals surface area contributed by atoms with Gasteiger partial charge in [0, 0.05) is 18.3 Å². The molecule has 2 aromatic rings. The summed E-state index contributed by atoms with van der Waals surface area (Å²) in [6, 6.07) is 15.7. The molecule has 0 spiro atoms. The number of amides is 3. The maximum absolute atomic E-state index is 11.9. The first-order valence-electron chi connectivity index (χ1n) is 7.51. The SMILES string of the molecule is CNC(=O)Cc1ccc(NC(=O)CNC(=O)c2ccccc2)cc1. The molecule has 0 radical (unpaired) electrons. The summed E-state index contributed by atoms with van der Waals surface area (Å²) in [5, 5.41) is 7.80. The van der Waals surface area contributed by atoms with Crippen LogP contribution in [0.3, 0.4) is 0 Å². The summed E-state index contributed by atoms with van der Waals surface area (Å²) >= 11 is 0. The van der Waals surface area contributed by atoms with E-state index in [0.29, 0.717) is 11.3 Å². The van der Waals surface area contributed by atoms with Crippen LogP contribution in [-0.2, 0) is 16.0 Å². The first kappa shape index (κ1) is 17.2. The summed E-state index contributed by atoms with van der Waals surface area (Å²) in [7, 11) is 1.58. The Morgan fingerprint density at radius 1 is 0.875 bits per heavy atom. The van der Waals surface area contributed by atoms with Crippen LogP contribution < -0.4 is 16.0 Å². The van der Waals surface area contributed by atoms with Crippen molar-refractivity contribution in [2.24, 2.45) is 0 Å². The van der Waals surface area contributed by atoms with Crippen molar-refractivity contribution in [3.05, 3.63) is 65.7 Å². The summed E-state index contributed by atoms with van der Waals surface area (Å²) in [4.78, 5) is 35.0. The molecule has 0 unspecified atom stereocenters. The van der Waals surface area contributed by atoms with Gasteiger partial charge in [-0.3, -0.25) is 14.4 Å². The van der Waals surface area contributed by atoms with Gasteiger partial charge in [-0.2, -0.15) is 0 Å². The minimum Gasteiger partial charge on any atom is -0.359 e. The van der Waals surface area contributed by atoms with Crippen molar-refractivity contribution >= 4 is 23.4 Å². The van der Waals surface area contributed by atoms with Crippen LogP contribution in [0.25, 0.3) is 0 Å². The van der Waals surface area contributed by atoms with E-state index in [1.165, 1.54) is 0 Å². The normalized spacial score (nSPS) is 9.88. The zero-order valence-corrected chi connectivity index (χ0v) is 13.3. The number of anilines is 1. The summed E-state index contributed by atoms with van der Waals surface area (Å²) in [5.74, 6) is -0.694. The van der Waals surface area contributed by atoms with Crippen molar-refractivity contribution in [1.82, 2.24) is 10.6 Å². The van der Waals surface area contributed by atoms with Gasteiger partial charge in [-0.25, -0.2) is 0 Å². The molecule has 24 heavy (non-hydrogen) atoms. The van der Waals surface area contributed by atoms with Gasteiger partial charge in [-0.05, 0) is 29.8 Å². The lowest BCUT2D eigenvalue weighted by atomic mass is 10.1. The van der Waals surface area contributed by atoms with E-state index in [-0.39, 0.29) is 30.7 Å². The average Bonchev–Trinajstić information content (AvgIpc) is 2.62. The molecule has 0 saturated heterocycles. The van der Waals surface area contributed by atoms with Crippen molar-refractivity contribution in [2.45, 2.75) is 6.42 Å². The fourth-order valence-corrected chi connectivity index (χ4v) is 2.04. The van der Waals surface area contributed by atoms with Crippen LogP contribution in [0.4, 0.5) is 5.69 Å². The van der Waals surface area contributed by atoms with Crippen molar-refractivity contribution in [2.75, 3.05) is 18.9 Å². The molecule has 0 bridgehead atoms. The number of benzene rings is 2. The first-order valence-corrected chi connectivity index (χ1v) is 7.51. The average molecular weight is 325 g/mol. The molecule has 6 heteroatoms. The maximum atomic E-state index is 11.9. The van der Waals surface area contributed by atoms with Crippen molar-refractivity contribution in [1.29, 1.82) is 0 Å². The Balaban J connectivity index is 1.82. The molecular formula is C18H19N3O3. The van der Waals surface area contributed by atoms with Gasteiger partial charge in [-0.15, -0.1) is 0 Å². The van der Waals surface area contributed by atoms with E-state index in [1.807, 2.05) is 6.07 Å². The standard InChI is InChI=1S/C18H19N3O3/c1-19-16(22)11-13-7-9-15(10-8-13)21-17(23)12-20-18(24)14-5-3-2-4-6-14/h2-10H,11-12H2,1H3,(H,19,22)(H,20,24)(H,21,23). The lowest BCUT2D eigenvalue weighted by molar-refractivity contribution is -0.120. The van der Waals surface area contributed by atoms with Gasteiger partial charge >= 0.3 is 0 Å². The number of carbonyl (C=O) groups is 3. The zero-order valence-electron chi connectivity index (χ0n) is 13.3. The highest BCUT2D eigenvalue weighted by molar-refractivity contribution is 5.99. The molecule has 3 N–H and O–H groups in total. The van der Waals surface area contributed by atoms with E-state index in [9.17, 15) is 14.4 Å². The molecule has 0 atom stereocenters. The zero-order chi connectivity index (χ0) is 17.4. The Morgan fingerprint density at radius 2 is 1.54 bits per heavy atom. The van der Waals surface area contributed by atoms with Crippen molar-refractivity contribution in [3.8, 4) is 0 Å². The molecule has 0 aliphatic heterocycles. The van der Waals surface area contributed by atoms with E-state index in [2.05, 4.69) is 16.0 Å². The Hall–Kier alpha value is -3.15. The Labute approximate surface area is 140 Å². The highest BCUT2D eigenvalue weighted by atomic mass is 16.2.